The lowest BCUT2D eigenvalue weighted by atomic mass is 10.00. The van der Waals surface area contributed by atoms with Crippen molar-refractivity contribution in [3.63, 3.8) is 0 Å². The summed E-state index contributed by atoms with van der Waals surface area (Å²) in [6.45, 7) is 5.27. The number of hydrogen-bond acceptors (Lipinski definition) is 4. The smallest absolute Gasteiger partial charge is 0.419 e. The minimum Gasteiger partial charge on any atom is -0.443 e. The monoisotopic (exact) mass is 459 g/mol. The highest BCUT2D eigenvalue weighted by Gasteiger charge is 2.34. The number of halogens is 3. The Balaban J connectivity index is 1.89. The second kappa shape index (κ2) is 7.85. The Hall–Kier alpha value is -3.00. The SMILES string of the molecule is CC(C)(C)OC(=O)n1c2c(c3ccccc31)C=C(C=O)[C@@H](c1cccc(C(F)(F)F)c1)S2. The van der Waals surface area contributed by atoms with Gasteiger partial charge >= 0.3 is 12.3 Å². The number of rotatable bonds is 2. The largest absolute Gasteiger partial charge is 0.443 e. The van der Waals surface area contributed by atoms with E-state index in [1.54, 1.807) is 45.0 Å². The number of alkyl halides is 3. The van der Waals surface area contributed by atoms with E-state index in [-0.39, 0.29) is 0 Å². The molecule has 8 heteroatoms. The van der Waals surface area contributed by atoms with Crippen molar-refractivity contribution >= 4 is 41.1 Å². The second-order valence-electron chi connectivity index (χ2n) is 8.44. The van der Waals surface area contributed by atoms with Crippen molar-refractivity contribution in [3.8, 4) is 0 Å². The number of thioether (sulfide) groups is 1. The molecule has 4 rings (SSSR count). The maximum absolute atomic E-state index is 13.3. The van der Waals surface area contributed by atoms with E-state index in [9.17, 15) is 22.8 Å². The fraction of sp³-hybridized carbons (Fsp3) is 0.250. The zero-order valence-corrected chi connectivity index (χ0v) is 18.4. The highest BCUT2D eigenvalue weighted by Crippen LogP contribution is 2.50. The first-order chi connectivity index (χ1) is 15.0. The molecule has 0 radical (unpaired) electrons. The van der Waals surface area contributed by atoms with Crippen LogP contribution in [0.1, 0.15) is 42.7 Å². The number of carbonyl (C=O) groups excluding carboxylic acids is 2. The normalized spacial score (nSPS) is 16.4. The molecule has 1 aliphatic rings. The van der Waals surface area contributed by atoms with Gasteiger partial charge in [0, 0.05) is 16.5 Å². The summed E-state index contributed by atoms with van der Waals surface area (Å²) in [5.74, 6) is 0. The van der Waals surface area contributed by atoms with Crippen LogP contribution in [0.25, 0.3) is 17.0 Å². The highest BCUT2D eigenvalue weighted by molar-refractivity contribution is 7.99. The number of aromatic nitrogens is 1. The molecule has 0 N–H and O–H groups in total. The number of aldehydes is 1. The van der Waals surface area contributed by atoms with Crippen molar-refractivity contribution in [1.29, 1.82) is 0 Å². The predicted octanol–water partition coefficient (Wildman–Crippen LogP) is 6.87. The second-order valence-corrected chi connectivity index (χ2v) is 9.53. The van der Waals surface area contributed by atoms with E-state index in [1.165, 1.54) is 10.6 Å². The summed E-state index contributed by atoms with van der Waals surface area (Å²) in [6, 6.07) is 12.1. The van der Waals surface area contributed by atoms with E-state index >= 15 is 0 Å². The van der Waals surface area contributed by atoms with Gasteiger partial charge in [-0.05, 0) is 44.5 Å². The van der Waals surface area contributed by atoms with Crippen LogP contribution < -0.4 is 0 Å². The summed E-state index contributed by atoms with van der Waals surface area (Å²) in [4.78, 5) is 25.0. The first kappa shape index (κ1) is 22.2. The van der Waals surface area contributed by atoms with Gasteiger partial charge in [0.1, 0.15) is 11.9 Å². The van der Waals surface area contributed by atoms with Crippen LogP contribution in [0.4, 0.5) is 18.0 Å². The summed E-state index contributed by atoms with van der Waals surface area (Å²) in [5, 5.41) is 0.573. The van der Waals surface area contributed by atoms with Crippen LogP contribution in [0.15, 0.2) is 59.1 Å². The Morgan fingerprint density at radius 1 is 1.09 bits per heavy atom. The Kier molecular flexibility index (Phi) is 5.45. The van der Waals surface area contributed by atoms with Crippen molar-refractivity contribution in [1.82, 2.24) is 4.57 Å². The molecule has 0 saturated carbocycles. The van der Waals surface area contributed by atoms with Crippen molar-refractivity contribution in [2.75, 3.05) is 0 Å². The maximum atomic E-state index is 13.3. The molecule has 1 aliphatic heterocycles. The molecule has 166 valence electrons. The van der Waals surface area contributed by atoms with Gasteiger partial charge < -0.3 is 4.74 Å². The average Bonchev–Trinajstić information content (AvgIpc) is 3.04. The third-order valence-corrected chi connectivity index (χ3v) is 6.35. The number of benzene rings is 2. The molecule has 0 bridgehead atoms. The van der Waals surface area contributed by atoms with Crippen LogP contribution in [0.5, 0.6) is 0 Å². The van der Waals surface area contributed by atoms with Gasteiger partial charge in [-0.25, -0.2) is 9.36 Å². The summed E-state index contributed by atoms with van der Waals surface area (Å²) in [6.07, 6.45) is -2.79. The van der Waals surface area contributed by atoms with Gasteiger partial charge in [0.25, 0.3) is 0 Å². The molecule has 0 fully saturated rings. The molecule has 4 nitrogen and oxygen atoms in total. The van der Waals surface area contributed by atoms with Crippen molar-refractivity contribution in [2.45, 2.75) is 42.8 Å². The number of ether oxygens (including phenoxy) is 1. The summed E-state index contributed by atoms with van der Waals surface area (Å²) in [7, 11) is 0. The van der Waals surface area contributed by atoms with Crippen LogP contribution in [0, 0.1) is 0 Å². The molecule has 2 heterocycles. The molecule has 2 aromatic carbocycles. The van der Waals surface area contributed by atoms with Crippen LogP contribution in [0.3, 0.4) is 0 Å². The fourth-order valence-electron chi connectivity index (χ4n) is 3.64. The Morgan fingerprint density at radius 3 is 2.47 bits per heavy atom. The molecular formula is C24H20F3NO3S. The van der Waals surface area contributed by atoms with E-state index < -0.39 is 28.7 Å². The molecule has 1 atom stereocenters. The third kappa shape index (κ3) is 4.07. The van der Waals surface area contributed by atoms with Crippen molar-refractivity contribution in [2.24, 2.45) is 0 Å². The average molecular weight is 459 g/mol. The maximum Gasteiger partial charge on any atom is 0.419 e. The summed E-state index contributed by atoms with van der Waals surface area (Å²) < 4.78 is 46.8. The number of nitrogens with zero attached hydrogens (tertiary/aromatic N) is 1. The summed E-state index contributed by atoms with van der Waals surface area (Å²) in [5.41, 5.74) is 0.397. The predicted molar refractivity (Wildman–Crippen MR) is 118 cm³/mol. The van der Waals surface area contributed by atoms with Gasteiger partial charge in [-0.2, -0.15) is 13.2 Å². The van der Waals surface area contributed by atoms with Gasteiger partial charge in [-0.3, -0.25) is 4.79 Å². The van der Waals surface area contributed by atoms with Gasteiger partial charge in [-0.1, -0.05) is 48.2 Å². The van der Waals surface area contributed by atoms with E-state index in [0.29, 0.717) is 33.5 Å². The van der Waals surface area contributed by atoms with Crippen LogP contribution in [-0.2, 0) is 15.7 Å². The number of carbonyl (C=O) groups is 2. The standard InChI is InChI=1S/C24H20F3NO3S/c1-23(2,3)31-22(30)28-19-10-5-4-9-17(19)18-12-15(13-29)20(32-21(18)28)14-7-6-8-16(11-14)24(25,26)27/h4-13,20H,1-3H3/t20-/m1/s1. The van der Waals surface area contributed by atoms with Crippen LogP contribution in [0.2, 0.25) is 0 Å². The van der Waals surface area contributed by atoms with Crippen LogP contribution >= 0.6 is 11.8 Å². The van der Waals surface area contributed by atoms with Crippen LogP contribution in [-0.4, -0.2) is 22.5 Å². The van der Waals surface area contributed by atoms with E-state index in [4.69, 9.17) is 4.74 Å². The molecule has 32 heavy (non-hydrogen) atoms. The topological polar surface area (TPSA) is 48.3 Å². The Labute approximate surface area is 187 Å². The van der Waals surface area contributed by atoms with E-state index in [0.717, 1.165) is 29.3 Å². The molecule has 1 aromatic heterocycles. The van der Waals surface area contributed by atoms with Gasteiger partial charge in [-0.15, -0.1) is 0 Å². The fourth-order valence-corrected chi connectivity index (χ4v) is 4.98. The molecule has 0 spiro atoms. The number of hydrogen-bond donors (Lipinski definition) is 0. The first-order valence-electron chi connectivity index (χ1n) is 9.87. The highest BCUT2D eigenvalue weighted by atomic mass is 32.2. The zero-order valence-electron chi connectivity index (χ0n) is 17.6. The molecule has 0 amide bonds. The van der Waals surface area contributed by atoms with E-state index in [1.807, 2.05) is 12.1 Å². The summed E-state index contributed by atoms with van der Waals surface area (Å²) >= 11 is 1.16. The van der Waals surface area contributed by atoms with Gasteiger partial charge in [0.05, 0.1) is 21.4 Å². The molecule has 0 saturated heterocycles. The quantitative estimate of drug-likeness (QED) is 0.392. The molecule has 3 aromatic rings. The number of para-hydroxylation sites is 1. The molecular weight excluding hydrogens is 439 g/mol. The van der Waals surface area contributed by atoms with Crippen molar-refractivity contribution < 1.29 is 27.5 Å². The van der Waals surface area contributed by atoms with Gasteiger partial charge in [0.15, 0.2) is 0 Å². The zero-order chi connectivity index (χ0) is 23.3. The first-order valence-corrected chi connectivity index (χ1v) is 10.7. The third-order valence-electron chi connectivity index (χ3n) is 4.94. The lowest BCUT2D eigenvalue weighted by Gasteiger charge is -2.25. The lowest BCUT2D eigenvalue weighted by Crippen LogP contribution is -2.27. The molecule has 0 aliphatic carbocycles. The minimum atomic E-state index is -4.50. The molecule has 0 unspecified atom stereocenters. The van der Waals surface area contributed by atoms with Gasteiger partial charge in [0.2, 0.25) is 0 Å². The van der Waals surface area contributed by atoms with Crippen molar-refractivity contribution in [3.05, 3.63) is 70.8 Å². The van der Waals surface area contributed by atoms with E-state index in [2.05, 4.69) is 0 Å². The minimum absolute atomic E-state index is 0.328. The Bertz CT molecular complexity index is 1250. The number of fused-ring (bicyclic) bond motifs is 3. The Morgan fingerprint density at radius 2 is 1.81 bits per heavy atom. The lowest BCUT2D eigenvalue weighted by molar-refractivity contribution is -0.137.